The third kappa shape index (κ3) is 7.77. The molecule has 1 unspecified atom stereocenters. The van der Waals surface area contributed by atoms with Crippen LogP contribution in [0.3, 0.4) is 0 Å². The molecule has 0 heterocycles. The number of nitrogens with zero attached hydrogens (tertiary/aromatic N) is 2. The van der Waals surface area contributed by atoms with E-state index in [1.807, 2.05) is 6.07 Å². The maximum Gasteiger partial charge on any atom is 0.407 e. The Morgan fingerprint density at radius 1 is 1.26 bits per heavy atom. The van der Waals surface area contributed by atoms with E-state index in [0.29, 0.717) is 5.69 Å². The number of hydrogen-bond acceptors (Lipinski definition) is 5. The lowest BCUT2D eigenvalue weighted by Crippen LogP contribution is -2.42. The number of alkyl carbamates (subject to hydrolysis) is 1. The molecule has 0 aliphatic rings. The molecule has 1 atom stereocenters. The van der Waals surface area contributed by atoms with Gasteiger partial charge in [-0.2, -0.15) is 5.26 Å². The molecule has 2 amide bonds. The van der Waals surface area contributed by atoms with Gasteiger partial charge in [0, 0.05) is 18.8 Å². The van der Waals surface area contributed by atoms with E-state index in [1.54, 1.807) is 51.1 Å². The van der Waals surface area contributed by atoms with Gasteiger partial charge in [0.25, 0.3) is 0 Å². The Bertz CT molecular complexity index is 692. The average molecular weight is 375 g/mol. The summed E-state index contributed by atoms with van der Waals surface area (Å²) in [5.41, 5.74) is -0.155. The van der Waals surface area contributed by atoms with Gasteiger partial charge in [0.15, 0.2) is 0 Å². The van der Waals surface area contributed by atoms with E-state index in [9.17, 15) is 19.5 Å². The van der Waals surface area contributed by atoms with Crippen LogP contribution in [0, 0.1) is 17.2 Å². The van der Waals surface area contributed by atoms with Gasteiger partial charge in [-0.3, -0.25) is 9.59 Å². The Balaban J connectivity index is 2.81. The molecule has 0 aliphatic carbocycles. The largest absolute Gasteiger partial charge is 0.481 e. The number of para-hydroxylation sites is 1. The maximum atomic E-state index is 12.8. The Morgan fingerprint density at radius 2 is 1.89 bits per heavy atom. The second kappa shape index (κ2) is 10.2. The van der Waals surface area contributed by atoms with Gasteiger partial charge in [-0.15, -0.1) is 0 Å². The van der Waals surface area contributed by atoms with Crippen LogP contribution in [0.2, 0.25) is 0 Å². The predicted molar refractivity (Wildman–Crippen MR) is 99.0 cm³/mol. The number of ether oxygens (including phenoxy) is 1. The number of amides is 2. The Hall–Kier alpha value is -3.08. The number of carboxylic acid groups (broad SMARTS) is 1. The molecule has 0 radical (unpaired) electrons. The van der Waals surface area contributed by atoms with E-state index in [0.717, 1.165) is 0 Å². The van der Waals surface area contributed by atoms with E-state index >= 15 is 0 Å². The summed E-state index contributed by atoms with van der Waals surface area (Å²) in [5, 5.41) is 20.7. The van der Waals surface area contributed by atoms with E-state index in [1.165, 1.54) is 4.90 Å². The lowest BCUT2D eigenvalue weighted by molar-refractivity contribution is -0.146. The molecule has 8 nitrogen and oxygen atoms in total. The van der Waals surface area contributed by atoms with Gasteiger partial charge in [-0.25, -0.2) is 4.79 Å². The van der Waals surface area contributed by atoms with E-state index in [-0.39, 0.29) is 25.9 Å². The molecule has 0 aromatic heterocycles. The van der Waals surface area contributed by atoms with Gasteiger partial charge in [0.2, 0.25) is 5.91 Å². The molecule has 0 saturated heterocycles. The first-order valence-electron chi connectivity index (χ1n) is 8.58. The van der Waals surface area contributed by atoms with Gasteiger partial charge in [0.1, 0.15) is 11.5 Å². The average Bonchev–Trinajstić information content (AvgIpc) is 2.58. The summed E-state index contributed by atoms with van der Waals surface area (Å²) in [7, 11) is 0. The number of hydrogen-bond donors (Lipinski definition) is 2. The van der Waals surface area contributed by atoms with Crippen molar-refractivity contribution in [1.29, 1.82) is 5.26 Å². The zero-order chi connectivity index (χ0) is 20.4. The number of carbonyl (C=O) groups is 3. The summed E-state index contributed by atoms with van der Waals surface area (Å²) in [6.45, 7) is 5.19. The highest BCUT2D eigenvalue weighted by Crippen LogP contribution is 2.19. The first kappa shape index (κ1) is 22.0. The minimum absolute atomic E-state index is 0.0293. The van der Waals surface area contributed by atoms with E-state index < -0.39 is 29.5 Å². The van der Waals surface area contributed by atoms with Crippen molar-refractivity contribution in [3.8, 4) is 6.07 Å². The van der Waals surface area contributed by atoms with Gasteiger partial charge < -0.3 is 20.1 Å². The van der Waals surface area contributed by atoms with E-state index in [4.69, 9.17) is 10.00 Å². The maximum absolute atomic E-state index is 12.8. The van der Waals surface area contributed by atoms with Crippen molar-refractivity contribution < 1.29 is 24.2 Å². The van der Waals surface area contributed by atoms with Crippen LogP contribution in [0.5, 0.6) is 0 Å². The number of rotatable bonds is 8. The molecule has 0 saturated carbocycles. The molecule has 146 valence electrons. The molecule has 1 aromatic rings. The number of nitriles is 1. The summed E-state index contributed by atoms with van der Waals surface area (Å²) < 4.78 is 5.08. The Labute approximate surface area is 158 Å². The van der Waals surface area contributed by atoms with Gasteiger partial charge >= 0.3 is 12.1 Å². The second-order valence-corrected chi connectivity index (χ2v) is 6.84. The Kier molecular flexibility index (Phi) is 8.27. The minimum Gasteiger partial charge on any atom is -0.481 e. The van der Waals surface area contributed by atoms with Crippen LogP contribution in [0.15, 0.2) is 30.3 Å². The van der Waals surface area contributed by atoms with Crippen molar-refractivity contribution in [2.24, 2.45) is 5.92 Å². The first-order valence-corrected chi connectivity index (χ1v) is 8.58. The van der Waals surface area contributed by atoms with Crippen LogP contribution in [-0.2, 0) is 14.3 Å². The van der Waals surface area contributed by atoms with Crippen molar-refractivity contribution in [2.75, 3.05) is 18.0 Å². The van der Waals surface area contributed by atoms with Gasteiger partial charge in [-0.1, -0.05) is 18.2 Å². The number of carbonyl (C=O) groups excluding carboxylic acids is 2. The highest BCUT2D eigenvalue weighted by atomic mass is 16.6. The van der Waals surface area contributed by atoms with Crippen LogP contribution >= 0.6 is 0 Å². The van der Waals surface area contributed by atoms with Gasteiger partial charge in [0.05, 0.1) is 12.5 Å². The highest BCUT2D eigenvalue weighted by molar-refractivity contribution is 6.05. The molecular weight excluding hydrogens is 350 g/mol. The monoisotopic (exact) mass is 375 g/mol. The number of nitrogens with one attached hydrogen (secondary N) is 1. The molecular formula is C19H25N3O5. The third-order valence-corrected chi connectivity index (χ3v) is 3.48. The van der Waals surface area contributed by atoms with Crippen LogP contribution in [0.1, 0.15) is 33.6 Å². The van der Waals surface area contributed by atoms with Crippen molar-refractivity contribution in [3.05, 3.63) is 30.3 Å². The molecule has 1 aromatic carbocycles. The lowest BCUT2D eigenvalue weighted by Gasteiger charge is -2.25. The number of aliphatic carboxylic acids is 1. The van der Waals surface area contributed by atoms with Crippen LogP contribution < -0.4 is 10.2 Å². The summed E-state index contributed by atoms with van der Waals surface area (Å²) >= 11 is 0. The van der Waals surface area contributed by atoms with Crippen molar-refractivity contribution in [2.45, 2.75) is 39.2 Å². The van der Waals surface area contributed by atoms with Gasteiger partial charge in [-0.05, 0) is 39.3 Å². The van der Waals surface area contributed by atoms with Crippen molar-refractivity contribution in [3.63, 3.8) is 0 Å². The predicted octanol–water partition coefficient (Wildman–Crippen LogP) is 2.55. The molecule has 0 bridgehead atoms. The number of anilines is 1. The van der Waals surface area contributed by atoms with Crippen molar-refractivity contribution >= 4 is 23.7 Å². The summed E-state index contributed by atoms with van der Waals surface area (Å²) in [4.78, 5) is 37.3. The molecule has 2 N–H and O–H groups in total. The minimum atomic E-state index is -1.35. The van der Waals surface area contributed by atoms with Crippen LogP contribution in [0.4, 0.5) is 10.5 Å². The van der Waals surface area contributed by atoms with E-state index in [2.05, 4.69) is 5.32 Å². The molecule has 8 heteroatoms. The van der Waals surface area contributed by atoms with Crippen LogP contribution in [-0.4, -0.2) is 41.8 Å². The molecule has 0 fully saturated rings. The molecule has 0 aliphatic heterocycles. The quantitative estimate of drug-likeness (QED) is 0.674. The summed E-state index contributed by atoms with van der Waals surface area (Å²) in [6, 6.07) is 10.5. The number of carboxylic acids is 1. The summed E-state index contributed by atoms with van der Waals surface area (Å²) in [6.07, 6.45) is -0.699. The zero-order valence-electron chi connectivity index (χ0n) is 15.8. The third-order valence-electron chi connectivity index (χ3n) is 3.48. The molecule has 27 heavy (non-hydrogen) atoms. The molecule has 1 rings (SSSR count). The smallest absolute Gasteiger partial charge is 0.407 e. The fourth-order valence-electron chi connectivity index (χ4n) is 2.31. The fraction of sp³-hybridized carbons (Fsp3) is 0.474. The SMILES string of the molecule is CC(C)(C)OC(=O)NCCC(C(=O)O)C(=O)N(CCC#N)c1ccccc1. The summed E-state index contributed by atoms with van der Waals surface area (Å²) in [5.74, 6) is -3.27. The normalized spacial score (nSPS) is 11.8. The second-order valence-electron chi connectivity index (χ2n) is 6.84. The van der Waals surface area contributed by atoms with Crippen LogP contribution in [0.25, 0.3) is 0 Å². The number of benzene rings is 1. The topological polar surface area (TPSA) is 120 Å². The zero-order valence-corrected chi connectivity index (χ0v) is 15.8. The molecule has 0 spiro atoms. The van der Waals surface area contributed by atoms with Crippen molar-refractivity contribution in [1.82, 2.24) is 5.32 Å². The highest BCUT2D eigenvalue weighted by Gasteiger charge is 2.31. The first-order chi connectivity index (χ1) is 12.7. The standard InChI is InChI=1S/C19H25N3O5/c1-19(2,3)27-18(26)21-12-10-15(17(24)25)16(23)22(13-7-11-20)14-8-5-4-6-9-14/h4-6,8-9,15H,7,10,12-13H2,1-3H3,(H,21,26)(H,24,25). The lowest BCUT2D eigenvalue weighted by atomic mass is 10.0. The fourth-order valence-corrected chi connectivity index (χ4v) is 2.31. The Morgan fingerprint density at radius 3 is 2.41 bits per heavy atom.